The van der Waals surface area contributed by atoms with Crippen molar-refractivity contribution in [1.82, 2.24) is 15.6 Å². The summed E-state index contributed by atoms with van der Waals surface area (Å²) in [6.07, 6.45) is 2.28. The van der Waals surface area contributed by atoms with Crippen LogP contribution >= 0.6 is 0 Å². The van der Waals surface area contributed by atoms with E-state index >= 15 is 0 Å². The molecule has 0 aliphatic carbocycles. The Bertz CT molecular complexity index is 1380. The highest BCUT2D eigenvalue weighted by Crippen LogP contribution is 2.38. The van der Waals surface area contributed by atoms with Crippen LogP contribution in [0.5, 0.6) is 17.2 Å². The fraction of sp³-hybridized carbons (Fsp3) is 0.424. The molecule has 242 valence electrons. The number of benzene rings is 2. The van der Waals surface area contributed by atoms with Crippen LogP contribution in [0.25, 0.3) is 11.3 Å². The van der Waals surface area contributed by atoms with E-state index in [2.05, 4.69) is 20.9 Å². The van der Waals surface area contributed by atoms with E-state index in [4.69, 9.17) is 14.2 Å². The number of anilines is 1. The molecule has 5 N–H and O–H groups in total. The van der Waals surface area contributed by atoms with Gasteiger partial charge in [0.15, 0.2) is 11.5 Å². The van der Waals surface area contributed by atoms with Crippen LogP contribution in [0.2, 0.25) is 0 Å². The molecule has 0 aliphatic rings. The Morgan fingerprint density at radius 2 is 1.56 bits per heavy atom. The average molecular weight is 621 g/mol. The van der Waals surface area contributed by atoms with Gasteiger partial charge in [0, 0.05) is 23.9 Å². The van der Waals surface area contributed by atoms with Crippen molar-refractivity contribution in [3.8, 4) is 28.5 Å². The zero-order chi connectivity index (χ0) is 33.1. The summed E-state index contributed by atoms with van der Waals surface area (Å²) >= 11 is 0. The first-order valence-electron chi connectivity index (χ1n) is 15.0. The van der Waals surface area contributed by atoms with Crippen molar-refractivity contribution in [3.63, 3.8) is 0 Å². The van der Waals surface area contributed by atoms with Gasteiger partial charge in [0.2, 0.25) is 17.6 Å². The highest BCUT2D eigenvalue weighted by atomic mass is 16.5. The molecule has 0 unspecified atom stereocenters. The lowest BCUT2D eigenvalue weighted by molar-refractivity contribution is -0.130. The van der Waals surface area contributed by atoms with E-state index in [1.54, 1.807) is 18.3 Å². The van der Waals surface area contributed by atoms with Gasteiger partial charge in [-0.25, -0.2) is 0 Å². The minimum absolute atomic E-state index is 0.109. The van der Waals surface area contributed by atoms with E-state index in [-0.39, 0.29) is 18.3 Å². The van der Waals surface area contributed by atoms with E-state index in [1.807, 2.05) is 70.2 Å². The predicted molar refractivity (Wildman–Crippen MR) is 175 cm³/mol. The molecule has 12 heteroatoms. The molecule has 0 fully saturated rings. The van der Waals surface area contributed by atoms with Crippen molar-refractivity contribution < 1.29 is 33.8 Å². The van der Waals surface area contributed by atoms with Crippen LogP contribution in [0.3, 0.4) is 0 Å². The summed E-state index contributed by atoms with van der Waals surface area (Å²) in [4.78, 5) is 31.8. The number of nitrogens with zero attached hydrogens (tertiary/aromatic N) is 1. The van der Waals surface area contributed by atoms with E-state index in [1.165, 1.54) is 21.3 Å². The molecule has 0 bridgehead atoms. The molecule has 0 spiro atoms. The molecule has 0 aliphatic heterocycles. The van der Waals surface area contributed by atoms with Crippen molar-refractivity contribution in [1.29, 1.82) is 0 Å². The summed E-state index contributed by atoms with van der Waals surface area (Å²) < 4.78 is 16.5. The van der Waals surface area contributed by atoms with Crippen LogP contribution in [0.4, 0.5) is 5.69 Å². The number of carbonyl (C=O) groups is 2. The summed E-state index contributed by atoms with van der Waals surface area (Å²) in [5.41, 5.74) is 3.05. The van der Waals surface area contributed by atoms with Crippen LogP contribution in [0.15, 0.2) is 60.8 Å². The third kappa shape index (κ3) is 9.85. The summed E-state index contributed by atoms with van der Waals surface area (Å²) in [7, 11) is 2.83. The maximum absolute atomic E-state index is 14.0. The number of ether oxygens (including phenoxy) is 3. The largest absolute Gasteiger partial charge is 0.493 e. The Morgan fingerprint density at radius 3 is 2.09 bits per heavy atom. The van der Waals surface area contributed by atoms with E-state index in [9.17, 15) is 19.6 Å². The quantitative estimate of drug-likeness (QED) is 0.152. The zero-order valence-corrected chi connectivity index (χ0v) is 27.0. The molecule has 2 aromatic carbocycles. The summed E-state index contributed by atoms with van der Waals surface area (Å²) in [5, 5.41) is 28.7. The molecular weight excluding hydrogens is 575 g/mol. The van der Waals surface area contributed by atoms with Crippen molar-refractivity contribution in [2.24, 2.45) is 11.8 Å². The lowest BCUT2D eigenvalue weighted by Crippen LogP contribution is -2.57. The topological polar surface area (TPSA) is 151 Å². The van der Waals surface area contributed by atoms with Crippen LogP contribution in [0.1, 0.15) is 39.7 Å². The monoisotopic (exact) mass is 620 g/mol. The number of pyridine rings is 1. The smallest absolute Gasteiger partial charge is 0.475 e. The molecule has 1 heterocycles. The number of methoxy groups -OCH3 is 3. The van der Waals surface area contributed by atoms with Gasteiger partial charge < -0.3 is 40.2 Å². The summed E-state index contributed by atoms with van der Waals surface area (Å²) in [6.45, 7) is 7.47. The second-order valence-corrected chi connectivity index (χ2v) is 11.6. The number of hydrogen-bond acceptors (Lipinski definition) is 9. The maximum Gasteiger partial charge on any atom is 0.475 e. The average Bonchev–Trinajstić information content (AvgIpc) is 3.02. The first-order valence-corrected chi connectivity index (χ1v) is 15.0. The number of carbonyl (C=O) groups excluding carboxylic acids is 2. The minimum Gasteiger partial charge on any atom is -0.493 e. The second kappa shape index (κ2) is 16.7. The second-order valence-electron chi connectivity index (χ2n) is 11.6. The minimum atomic E-state index is -1.74. The van der Waals surface area contributed by atoms with Gasteiger partial charge in [0.1, 0.15) is 12.1 Å². The van der Waals surface area contributed by atoms with Gasteiger partial charge in [-0.1, -0.05) is 45.9 Å². The van der Waals surface area contributed by atoms with Crippen LogP contribution < -0.4 is 30.2 Å². The Hall–Kier alpha value is -4.29. The zero-order valence-electron chi connectivity index (χ0n) is 27.0. The van der Waals surface area contributed by atoms with Gasteiger partial charge in [-0.2, -0.15) is 0 Å². The van der Waals surface area contributed by atoms with E-state index < -0.39 is 37.0 Å². The molecule has 0 saturated heterocycles. The Labute approximate surface area is 265 Å². The molecule has 2 amide bonds. The SMILES string of the molecule is COc1cc(C[C@H](Nc2cccc(-c3ccccn3)c2)C(=O)N[C@H](C(=O)N[C@H](CC(C)C)B(O)O)C(C)C)cc(OC)c1OC. The first-order chi connectivity index (χ1) is 21.5. The van der Waals surface area contributed by atoms with Gasteiger partial charge in [-0.15, -0.1) is 0 Å². The lowest BCUT2D eigenvalue weighted by Gasteiger charge is -2.28. The van der Waals surface area contributed by atoms with Crippen molar-refractivity contribution >= 4 is 24.6 Å². The van der Waals surface area contributed by atoms with Gasteiger partial charge in [-0.3, -0.25) is 14.6 Å². The van der Waals surface area contributed by atoms with Crippen molar-refractivity contribution in [3.05, 3.63) is 66.4 Å². The van der Waals surface area contributed by atoms with E-state index in [0.29, 0.717) is 29.4 Å². The van der Waals surface area contributed by atoms with E-state index in [0.717, 1.165) is 16.8 Å². The highest BCUT2D eigenvalue weighted by Gasteiger charge is 2.33. The number of nitrogens with one attached hydrogen (secondary N) is 3. The predicted octanol–water partition coefficient (Wildman–Crippen LogP) is 3.48. The maximum atomic E-state index is 14.0. The van der Waals surface area contributed by atoms with Crippen LogP contribution in [-0.2, 0) is 16.0 Å². The standard InChI is InChI=1S/C33H45BN4O7/c1-20(2)15-29(34(41)42)37-33(40)30(21(3)4)38-32(39)26(16-22-17-27(43-5)31(45-7)28(18-22)44-6)36-24-12-10-11-23(19-24)25-13-8-9-14-35-25/h8-14,17-21,26,29-30,36,41-42H,15-16H2,1-7H3,(H,37,40)(H,38,39)/t26-,29+,30-/m0/s1. The van der Waals surface area contributed by atoms with Gasteiger partial charge in [0.05, 0.1) is 33.0 Å². The lowest BCUT2D eigenvalue weighted by atomic mass is 9.75. The molecule has 45 heavy (non-hydrogen) atoms. The molecule has 3 aromatic rings. The first kappa shape index (κ1) is 35.2. The number of hydrogen-bond donors (Lipinski definition) is 5. The summed E-state index contributed by atoms with van der Waals surface area (Å²) in [5.74, 6) is -0.663. The molecular formula is C33H45BN4O7. The number of rotatable bonds is 16. The number of aromatic nitrogens is 1. The van der Waals surface area contributed by atoms with Crippen LogP contribution in [0, 0.1) is 11.8 Å². The van der Waals surface area contributed by atoms with Gasteiger partial charge in [0.25, 0.3) is 0 Å². The molecule has 3 rings (SSSR count). The molecule has 11 nitrogen and oxygen atoms in total. The molecule has 3 atom stereocenters. The third-order valence-corrected chi connectivity index (χ3v) is 7.30. The molecule has 1 aromatic heterocycles. The third-order valence-electron chi connectivity index (χ3n) is 7.30. The Morgan fingerprint density at radius 1 is 0.867 bits per heavy atom. The summed E-state index contributed by atoms with van der Waals surface area (Å²) in [6, 6.07) is 15.0. The number of amides is 2. The highest BCUT2D eigenvalue weighted by molar-refractivity contribution is 6.43. The van der Waals surface area contributed by atoms with Gasteiger partial charge >= 0.3 is 7.12 Å². The Balaban J connectivity index is 1.95. The van der Waals surface area contributed by atoms with Crippen LogP contribution in [-0.4, -0.2) is 73.3 Å². The fourth-order valence-electron chi connectivity index (χ4n) is 5.03. The van der Waals surface area contributed by atoms with Gasteiger partial charge in [-0.05, 0) is 60.2 Å². The fourth-order valence-corrected chi connectivity index (χ4v) is 5.03. The molecule has 0 saturated carbocycles. The normalized spacial score (nSPS) is 13.0. The van der Waals surface area contributed by atoms with Crippen molar-refractivity contribution in [2.45, 2.75) is 58.6 Å². The van der Waals surface area contributed by atoms with Crippen molar-refractivity contribution in [2.75, 3.05) is 26.6 Å². The Kier molecular flexibility index (Phi) is 13.1. The molecule has 0 radical (unpaired) electrons.